The van der Waals surface area contributed by atoms with Gasteiger partial charge < -0.3 is 30.6 Å². The van der Waals surface area contributed by atoms with E-state index in [9.17, 15) is 27.6 Å². The lowest BCUT2D eigenvalue weighted by Crippen LogP contribution is -2.54. The zero-order valence-electron chi connectivity index (χ0n) is 25.9. The molecule has 0 radical (unpaired) electrons. The second kappa shape index (κ2) is 13.8. The summed E-state index contributed by atoms with van der Waals surface area (Å²) < 4.78 is 48.8. The zero-order chi connectivity index (χ0) is 33.3. The Hall–Kier alpha value is -3.75. The zero-order valence-corrected chi connectivity index (χ0v) is 26.7. The fourth-order valence-corrected chi connectivity index (χ4v) is 7.30. The summed E-state index contributed by atoms with van der Waals surface area (Å²) in [5.74, 6) is -0.459. The number of piperidine rings is 2. The molecular weight excluding hydrogens is 639 g/mol. The molecule has 0 spiro atoms. The molecule has 0 aliphatic carbocycles. The number of carbonyl (C=O) groups is 2. The Labute approximate surface area is 274 Å². The van der Waals surface area contributed by atoms with Crippen molar-refractivity contribution in [3.8, 4) is 0 Å². The number of nitrogen functional groups attached to an aromatic ring is 1. The largest absolute Gasteiger partial charge is 0.436 e. The summed E-state index contributed by atoms with van der Waals surface area (Å²) in [6.45, 7) is 5.14. The smallest absolute Gasteiger partial charge is 0.418 e. The number of rotatable bonds is 6. The maximum Gasteiger partial charge on any atom is 0.418 e. The van der Waals surface area contributed by atoms with Gasteiger partial charge in [-0.3, -0.25) is 14.3 Å². The molecule has 1 atom stereocenters. The number of nitrogens with two attached hydrogens (primary N) is 1. The molecule has 2 amide bonds. The minimum absolute atomic E-state index is 0.0794. The number of halogens is 4. The number of fused-ring (bicyclic) bond motifs is 1. The Morgan fingerprint density at radius 2 is 1.60 bits per heavy atom. The SMILES string of the molecule is Nc1c(Cl)cc(C[C@@H](OC(=O)N2CCC(n3c(=O)[nH]c4ccccc43)CC2)C(=O)N2CCC(N3CCNCC3)CC2)cc1C(F)(F)F. The molecule has 4 heterocycles. The van der Waals surface area contributed by atoms with Gasteiger partial charge in [-0.2, -0.15) is 13.2 Å². The average molecular weight is 678 g/mol. The highest BCUT2D eigenvalue weighted by atomic mass is 35.5. The first-order chi connectivity index (χ1) is 22.5. The van der Waals surface area contributed by atoms with Gasteiger partial charge >= 0.3 is 18.0 Å². The van der Waals surface area contributed by atoms with E-state index >= 15 is 0 Å². The maximum atomic E-state index is 13.9. The number of alkyl halides is 3. The van der Waals surface area contributed by atoms with E-state index in [1.54, 1.807) is 9.47 Å². The van der Waals surface area contributed by atoms with Crippen molar-refractivity contribution in [2.75, 3.05) is 58.1 Å². The van der Waals surface area contributed by atoms with Gasteiger partial charge in [0.05, 0.1) is 27.3 Å². The number of carbonyl (C=O) groups excluding carboxylic acids is 2. The third kappa shape index (κ3) is 7.24. The number of aromatic nitrogens is 2. The normalized spacial score (nSPS) is 19.7. The fraction of sp³-hybridized carbons (Fsp3) is 0.531. The quantitative estimate of drug-likeness (QED) is 0.338. The predicted molar refractivity (Wildman–Crippen MR) is 171 cm³/mol. The van der Waals surface area contributed by atoms with Crippen LogP contribution in [-0.4, -0.2) is 101 Å². The Balaban J connectivity index is 1.16. The van der Waals surface area contributed by atoms with Gasteiger partial charge in [0.15, 0.2) is 6.10 Å². The van der Waals surface area contributed by atoms with E-state index in [-0.39, 0.29) is 41.8 Å². The molecule has 6 rings (SSSR count). The van der Waals surface area contributed by atoms with Gasteiger partial charge in [0.25, 0.3) is 5.91 Å². The lowest BCUT2D eigenvalue weighted by molar-refractivity contribution is -0.142. The van der Waals surface area contributed by atoms with Crippen molar-refractivity contribution in [1.82, 2.24) is 29.6 Å². The molecule has 3 aromatic rings. The molecule has 0 saturated carbocycles. The fourth-order valence-electron chi connectivity index (χ4n) is 7.06. The number of hydrogen-bond acceptors (Lipinski definition) is 7. The van der Waals surface area contributed by atoms with E-state index in [2.05, 4.69) is 15.2 Å². The number of benzene rings is 2. The highest BCUT2D eigenvalue weighted by Gasteiger charge is 2.37. The molecular formula is C32H39ClF3N7O4. The first-order valence-corrected chi connectivity index (χ1v) is 16.4. The number of para-hydroxylation sites is 2. The van der Waals surface area contributed by atoms with Crippen LogP contribution in [0.15, 0.2) is 41.2 Å². The van der Waals surface area contributed by atoms with Crippen LogP contribution in [0.2, 0.25) is 5.02 Å². The Bertz CT molecular complexity index is 1660. The number of aromatic amines is 1. The highest BCUT2D eigenvalue weighted by molar-refractivity contribution is 6.33. The van der Waals surface area contributed by atoms with Gasteiger partial charge in [-0.15, -0.1) is 0 Å². The molecule has 0 unspecified atom stereocenters. The Kier molecular flexibility index (Phi) is 9.72. The van der Waals surface area contributed by atoms with E-state index in [0.717, 1.165) is 56.1 Å². The predicted octanol–water partition coefficient (Wildman–Crippen LogP) is 3.87. The van der Waals surface area contributed by atoms with Crippen molar-refractivity contribution in [2.45, 2.75) is 56.5 Å². The number of nitrogens with one attached hydrogen (secondary N) is 2. The number of hydrogen-bond donors (Lipinski definition) is 3. The van der Waals surface area contributed by atoms with Crippen molar-refractivity contribution in [2.24, 2.45) is 0 Å². The number of anilines is 1. The van der Waals surface area contributed by atoms with E-state index in [4.69, 9.17) is 22.1 Å². The summed E-state index contributed by atoms with van der Waals surface area (Å²) in [5.41, 5.74) is 5.29. The van der Waals surface area contributed by atoms with Gasteiger partial charge in [0.1, 0.15) is 0 Å². The van der Waals surface area contributed by atoms with Crippen LogP contribution in [0.5, 0.6) is 0 Å². The molecule has 0 bridgehead atoms. The van der Waals surface area contributed by atoms with Crippen LogP contribution in [-0.2, 0) is 22.1 Å². The summed E-state index contributed by atoms with van der Waals surface area (Å²) in [5, 5.41) is 3.05. The molecule has 4 N–H and O–H groups in total. The van der Waals surface area contributed by atoms with E-state index in [1.165, 1.54) is 11.0 Å². The lowest BCUT2D eigenvalue weighted by Gasteiger charge is -2.41. The minimum Gasteiger partial charge on any atom is -0.436 e. The van der Waals surface area contributed by atoms with Crippen LogP contribution in [0.1, 0.15) is 42.9 Å². The number of amides is 2. The number of likely N-dealkylation sites (tertiary alicyclic amines) is 2. The number of imidazole rings is 1. The van der Waals surface area contributed by atoms with Crippen LogP contribution >= 0.6 is 11.6 Å². The summed E-state index contributed by atoms with van der Waals surface area (Å²) >= 11 is 6.09. The number of ether oxygens (including phenoxy) is 1. The first-order valence-electron chi connectivity index (χ1n) is 16.0. The molecule has 11 nitrogen and oxygen atoms in total. The molecule has 3 aliphatic heterocycles. The van der Waals surface area contributed by atoms with Crippen molar-refractivity contribution in [1.29, 1.82) is 0 Å². The second-order valence-electron chi connectivity index (χ2n) is 12.5. The van der Waals surface area contributed by atoms with E-state index in [1.807, 2.05) is 24.3 Å². The average Bonchev–Trinajstić information content (AvgIpc) is 3.41. The second-order valence-corrected chi connectivity index (χ2v) is 12.9. The highest BCUT2D eigenvalue weighted by Crippen LogP contribution is 2.38. The van der Waals surface area contributed by atoms with Crippen LogP contribution < -0.4 is 16.7 Å². The summed E-state index contributed by atoms with van der Waals surface area (Å²) in [4.78, 5) is 48.5. The minimum atomic E-state index is -4.76. The van der Waals surface area contributed by atoms with Crippen molar-refractivity contribution in [3.63, 3.8) is 0 Å². The number of nitrogens with zero attached hydrogens (tertiary/aromatic N) is 4. The summed E-state index contributed by atoms with van der Waals surface area (Å²) in [6, 6.07) is 9.72. The lowest BCUT2D eigenvalue weighted by atomic mass is 9.99. The molecule has 47 heavy (non-hydrogen) atoms. The van der Waals surface area contributed by atoms with Gasteiger partial charge in [-0.05, 0) is 55.5 Å². The topological polar surface area (TPSA) is 129 Å². The van der Waals surface area contributed by atoms with Gasteiger partial charge in [0, 0.05) is 70.9 Å². The molecule has 15 heteroatoms. The third-order valence-corrected chi connectivity index (χ3v) is 9.90. The maximum absolute atomic E-state index is 13.9. The number of H-pyrrole nitrogens is 1. The molecule has 3 fully saturated rings. The van der Waals surface area contributed by atoms with Gasteiger partial charge in [-0.1, -0.05) is 23.7 Å². The standard InChI is InChI=1S/C32H39ClF3N7O4/c33-24-18-20(17-23(28(24)37)32(34,35)36)19-27(29(44)41-11-5-21(6-12-41)40-15-9-38-10-16-40)47-31(46)42-13-7-22(8-14-42)43-26-4-2-1-3-25(26)39-30(43)45/h1-4,17-18,21-22,27,38H,5-16,19,37H2,(H,39,45)/t27-/m1/s1. The van der Waals surface area contributed by atoms with E-state index < -0.39 is 35.5 Å². The third-order valence-electron chi connectivity index (χ3n) is 9.59. The van der Waals surface area contributed by atoms with Crippen molar-refractivity contribution in [3.05, 3.63) is 63.0 Å². The summed E-state index contributed by atoms with van der Waals surface area (Å²) in [7, 11) is 0. The Morgan fingerprint density at radius 3 is 2.28 bits per heavy atom. The Morgan fingerprint density at radius 1 is 0.957 bits per heavy atom. The van der Waals surface area contributed by atoms with E-state index in [0.29, 0.717) is 32.0 Å². The molecule has 3 aliphatic rings. The van der Waals surface area contributed by atoms with Crippen molar-refractivity contribution >= 4 is 40.3 Å². The molecule has 3 saturated heterocycles. The van der Waals surface area contributed by atoms with Crippen LogP contribution in [0.25, 0.3) is 11.0 Å². The first kappa shape index (κ1) is 33.2. The van der Waals surface area contributed by atoms with Crippen LogP contribution in [0.3, 0.4) is 0 Å². The monoisotopic (exact) mass is 677 g/mol. The van der Waals surface area contributed by atoms with Gasteiger partial charge in [0.2, 0.25) is 0 Å². The molecule has 2 aromatic carbocycles. The van der Waals surface area contributed by atoms with Crippen LogP contribution in [0.4, 0.5) is 23.7 Å². The van der Waals surface area contributed by atoms with Gasteiger partial charge in [-0.25, -0.2) is 9.59 Å². The van der Waals surface area contributed by atoms with Crippen molar-refractivity contribution < 1.29 is 27.5 Å². The molecule has 254 valence electrons. The summed E-state index contributed by atoms with van der Waals surface area (Å²) in [6.07, 6.45) is -4.70. The molecule has 1 aromatic heterocycles. The number of piperazine rings is 1. The van der Waals surface area contributed by atoms with Crippen LogP contribution in [0, 0.1) is 0 Å².